The number of hydrogen-bond donors (Lipinski definition) is 4. The minimum atomic E-state index is -1.20. The van der Waals surface area contributed by atoms with Crippen LogP contribution in [-0.4, -0.2) is 61.1 Å². The molecule has 21 heavy (non-hydrogen) atoms. The number of urea groups is 1. The molecule has 1 atom stereocenters. The molecule has 3 amide bonds. The maximum atomic E-state index is 11.7. The molecular formula is C13H26N4O4. The van der Waals surface area contributed by atoms with Crippen molar-refractivity contribution in [1.82, 2.24) is 15.5 Å². The van der Waals surface area contributed by atoms with E-state index in [1.807, 2.05) is 32.8 Å². The van der Waals surface area contributed by atoms with Crippen LogP contribution in [0.4, 0.5) is 4.79 Å². The Bertz CT molecular complexity index is 382. The third-order valence-corrected chi connectivity index (χ3v) is 2.75. The Morgan fingerprint density at radius 2 is 1.86 bits per heavy atom. The summed E-state index contributed by atoms with van der Waals surface area (Å²) < 4.78 is 0. The molecule has 0 spiro atoms. The first-order valence-electron chi connectivity index (χ1n) is 6.74. The van der Waals surface area contributed by atoms with Crippen LogP contribution < -0.4 is 16.4 Å². The molecule has 0 aromatic rings. The van der Waals surface area contributed by atoms with E-state index in [1.54, 1.807) is 0 Å². The number of rotatable bonds is 9. The van der Waals surface area contributed by atoms with Gasteiger partial charge < -0.3 is 26.4 Å². The van der Waals surface area contributed by atoms with E-state index in [9.17, 15) is 14.4 Å². The van der Waals surface area contributed by atoms with E-state index in [4.69, 9.17) is 10.8 Å². The van der Waals surface area contributed by atoms with Gasteiger partial charge in [-0.15, -0.1) is 0 Å². The van der Waals surface area contributed by atoms with Crippen LogP contribution >= 0.6 is 0 Å². The van der Waals surface area contributed by atoms with Crippen molar-refractivity contribution < 1.29 is 19.5 Å². The van der Waals surface area contributed by atoms with Gasteiger partial charge in [0.1, 0.15) is 6.04 Å². The summed E-state index contributed by atoms with van der Waals surface area (Å²) in [5.41, 5.74) is 4.82. The summed E-state index contributed by atoms with van der Waals surface area (Å²) in [7, 11) is 3.87. The Morgan fingerprint density at radius 1 is 1.29 bits per heavy atom. The fourth-order valence-electron chi connectivity index (χ4n) is 1.98. The third kappa shape index (κ3) is 9.67. The summed E-state index contributed by atoms with van der Waals surface area (Å²) in [4.78, 5) is 35.4. The minimum Gasteiger partial charge on any atom is -0.480 e. The molecule has 0 aromatic carbocycles. The first kappa shape index (κ1) is 19.2. The molecule has 0 unspecified atom stereocenters. The second-order valence-corrected chi connectivity index (χ2v) is 6.12. The monoisotopic (exact) mass is 302 g/mol. The molecule has 0 rings (SSSR count). The van der Waals surface area contributed by atoms with Crippen molar-refractivity contribution in [2.75, 3.05) is 27.2 Å². The number of primary amides is 1. The molecule has 0 saturated carbocycles. The summed E-state index contributed by atoms with van der Waals surface area (Å²) in [6, 6.07) is -1.70. The molecule has 122 valence electrons. The lowest BCUT2D eigenvalue weighted by Crippen LogP contribution is -2.49. The number of amides is 3. The van der Waals surface area contributed by atoms with Gasteiger partial charge in [0, 0.05) is 19.5 Å². The number of carboxylic acid groups (broad SMARTS) is 1. The quantitative estimate of drug-likeness (QED) is 0.461. The first-order chi connectivity index (χ1) is 9.53. The molecule has 8 heteroatoms. The van der Waals surface area contributed by atoms with Crippen LogP contribution in [0.25, 0.3) is 0 Å². The second-order valence-electron chi connectivity index (χ2n) is 6.12. The van der Waals surface area contributed by atoms with E-state index in [0.29, 0.717) is 6.54 Å². The number of nitrogens with one attached hydrogen (secondary N) is 2. The van der Waals surface area contributed by atoms with Gasteiger partial charge in [-0.3, -0.25) is 4.79 Å². The molecule has 0 radical (unpaired) electrons. The van der Waals surface area contributed by atoms with Gasteiger partial charge in [-0.05, 0) is 25.9 Å². The standard InChI is InChI=1S/C13H26N4O4/c1-13(2,8-17(3)4)7-15-12(21)16-9(11(19)20)5-6-10(14)18/h9H,5-8H2,1-4H3,(H2,14,18)(H,19,20)(H2,15,16,21)/t9-/m0/s1. The SMILES string of the molecule is CN(C)CC(C)(C)CNC(=O)N[C@@H](CCC(N)=O)C(=O)O. The molecule has 0 heterocycles. The highest BCUT2D eigenvalue weighted by atomic mass is 16.4. The number of hydrogen-bond acceptors (Lipinski definition) is 4. The van der Waals surface area contributed by atoms with Crippen LogP contribution in [0.3, 0.4) is 0 Å². The molecule has 8 nitrogen and oxygen atoms in total. The molecule has 0 saturated heterocycles. The molecule has 0 aliphatic carbocycles. The maximum absolute atomic E-state index is 11.7. The average molecular weight is 302 g/mol. The van der Waals surface area contributed by atoms with Gasteiger partial charge in [0.05, 0.1) is 0 Å². The predicted octanol–water partition coefficient (Wildman–Crippen LogP) is -0.408. The number of carboxylic acids is 1. The number of carbonyl (C=O) groups is 3. The van der Waals surface area contributed by atoms with E-state index in [-0.39, 0.29) is 18.3 Å². The maximum Gasteiger partial charge on any atom is 0.326 e. The van der Waals surface area contributed by atoms with Crippen molar-refractivity contribution in [1.29, 1.82) is 0 Å². The van der Waals surface area contributed by atoms with E-state index in [2.05, 4.69) is 10.6 Å². The van der Waals surface area contributed by atoms with E-state index >= 15 is 0 Å². The van der Waals surface area contributed by atoms with E-state index in [0.717, 1.165) is 6.54 Å². The highest BCUT2D eigenvalue weighted by Crippen LogP contribution is 2.13. The molecule has 0 bridgehead atoms. The van der Waals surface area contributed by atoms with Gasteiger partial charge in [0.25, 0.3) is 0 Å². The van der Waals surface area contributed by atoms with Gasteiger partial charge in [-0.1, -0.05) is 13.8 Å². The van der Waals surface area contributed by atoms with Crippen LogP contribution in [0.5, 0.6) is 0 Å². The van der Waals surface area contributed by atoms with E-state index < -0.39 is 23.9 Å². The largest absolute Gasteiger partial charge is 0.480 e. The molecular weight excluding hydrogens is 276 g/mol. The van der Waals surface area contributed by atoms with Crippen LogP contribution in [0.15, 0.2) is 0 Å². The van der Waals surface area contributed by atoms with Crippen molar-refractivity contribution >= 4 is 17.9 Å². The van der Waals surface area contributed by atoms with Crippen LogP contribution in [0.2, 0.25) is 0 Å². The molecule has 0 aromatic heterocycles. The highest BCUT2D eigenvalue weighted by Gasteiger charge is 2.23. The van der Waals surface area contributed by atoms with Crippen molar-refractivity contribution in [2.24, 2.45) is 11.1 Å². The number of nitrogens with two attached hydrogens (primary N) is 1. The summed E-state index contributed by atoms with van der Waals surface area (Å²) in [6.07, 6.45) is -0.122. The zero-order chi connectivity index (χ0) is 16.6. The van der Waals surface area contributed by atoms with Crippen molar-refractivity contribution in [3.8, 4) is 0 Å². The lowest BCUT2D eigenvalue weighted by Gasteiger charge is -2.28. The number of aliphatic carboxylic acids is 1. The Labute approximate surface area is 125 Å². The molecule has 5 N–H and O–H groups in total. The van der Waals surface area contributed by atoms with Gasteiger partial charge in [0.2, 0.25) is 5.91 Å². The minimum absolute atomic E-state index is 0.0286. The predicted molar refractivity (Wildman–Crippen MR) is 78.7 cm³/mol. The van der Waals surface area contributed by atoms with Gasteiger partial charge in [-0.2, -0.15) is 0 Å². The lowest BCUT2D eigenvalue weighted by molar-refractivity contribution is -0.139. The van der Waals surface area contributed by atoms with Crippen molar-refractivity contribution in [2.45, 2.75) is 32.7 Å². The summed E-state index contributed by atoms with van der Waals surface area (Å²) in [6.45, 7) is 5.17. The van der Waals surface area contributed by atoms with E-state index in [1.165, 1.54) is 0 Å². The fraction of sp³-hybridized carbons (Fsp3) is 0.769. The number of carbonyl (C=O) groups excluding carboxylic acids is 2. The highest BCUT2D eigenvalue weighted by molar-refractivity contribution is 5.83. The average Bonchev–Trinajstić information content (AvgIpc) is 2.29. The summed E-state index contributed by atoms with van der Waals surface area (Å²) in [5.74, 6) is -1.80. The molecule has 0 fully saturated rings. The smallest absolute Gasteiger partial charge is 0.326 e. The van der Waals surface area contributed by atoms with Crippen LogP contribution in [-0.2, 0) is 9.59 Å². The normalized spacial score (nSPS) is 12.8. The number of nitrogens with zero attached hydrogens (tertiary/aromatic N) is 1. The Hall–Kier alpha value is -1.83. The summed E-state index contributed by atoms with van der Waals surface area (Å²) in [5, 5.41) is 14.0. The second kappa shape index (κ2) is 8.46. The van der Waals surface area contributed by atoms with Gasteiger partial charge in [0.15, 0.2) is 0 Å². The zero-order valence-electron chi connectivity index (χ0n) is 13.1. The Morgan fingerprint density at radius 3 is 2.29 bits per heavy atom. The van der Waals surface area contributed by atoms with Gasteiger partial charge >= 0.3 is 12.0 Å². The zero-order valence-corrected chi connectivity index (χ0v) is 13.1. The fourth-order valence-corrected chi connectivity index (χ4v) is 1.98. The van der Waals surface area contributed by atoms with Gasteiger partial charge in [-0.25, -0.2) is 9.59 Å². The van der Waals surface area contributed by atoms with Crippen molar-refractivity contribution in [3.63, 3.8) is 0 Å². The van der Waals surface area contributed by atoms with Crippen LogP contribution in [0, 0.1) is 5.41 Å². The summed E-state index contributed by atoms with van der Waals surface area (Å²) >= 11 is 0. The molecule has 0 aliphatic heterocycles. The molecule has 0 aliphatic rings. The topological polar surface area (TPSA) is 125 Å². The van der Waals surface area contributed by atoms with Crippen molar-refractivity contribution in [3.05, 3.63) is 0 Å². The third-order valence-electron chi connectivity index (χ3n) is 2.75. The Kier molecular flexibility index (Phi) is 7.72. The Balaban J connectivity index is 4.32. The first-order valence-corrected chi connectivity index (χ1v) is 6.74. The lowest BCUT2D eigenvalue weighted by atomic mass is 9.93. The van der Waals surface area contributed by atoms with Crippen LogP contribution in [0.1, 0.15) is 26.7 Å².